The van der Waals surface area contributed by atoms with Crippen molar-refractivity contribution in [1.82, 2.24) is 10.6 Å². The van der Waals surface area contributed by atoms with Crippen molar-refractivity contribution < 1.29 is 28.6 Å². The highest BCUT2D eigenvalue weighted by molar-refractivity contribution is 5.96. The Kier molecular flexibility index (Phi) is 8.68. The number of methoxy groups -OCH3 is 2. The summed E-state index contributed by atoms with van der Waals surface area (Å²) in [5.74, 6) is -0.596. The number of hydrogen-bond donors (Lipinski definition) is 2. The van der Waals surface area contributed by atoms with Gasteiger partial charge in [0.25, 0.3) is 11.8 Å². The number of hydrogen-bond acceptors (Lipinski definition) is 6. The summed E-state index contributed by atoms with van der Waals surface area (Å²) >= 11 is 0. The minimum atomic E-state index is -0.718. The molecule has 2 N–H and O–H groups in total. The van der Waals surface area contributed by atoms with Crippen LogP contribution in [0.2, 0.25) is 0 Å². The van der Waals surface area contributed by atoms with Crippen LogP contribution >= 0.6 is 0 Å². The van der Waals surface area contributed by atoms with Crippen LogP contribution in [0, 0.1) is 0 Å². The van der Waals surface area contributed by atoms with Crippen molar-refractivity contribution >= 4 is 17.8 Å². The van der Waals surface area contributed by atoms with Crippen molar-refractivity contribution in [2.75, 3.05) is 33.9 Å². The summed E-state index contributed by atoms with van der Waals surface area (Å²) in [6, 6.07) is 14.4. The fourth-order valence-corrected chi connectivity index (χ4v) is 2.61. The third-order valence-electron chi connectivity index (χ3n) is 4.35. The van der Waals surface area contributed by atoms with Gasteiger partial charge in [-0.2, -0.15) is 0 Å². The van der Waals surface area contributed by atoms with Crippen LogP contribution in [0.3, 0.4) is 0 Å². The molecule has 160 valence electrons. The molecule has 0 aliphatic rings. The normalized spacial score (nSPS) is 11.2. The van der Waals surface area contributed by atoms with E-state index in [1.165, 1.54) is 26.4 Å². The molecule has 0 aliphatic heterocycles. The lowest BCUT2D eigenvalue weighted by Crippen LogP contribution is -2.35. The molecule has 8 nitrogen and oxygen atoms in total. The Labute approximate surface area is 175 Å². The van der Waals surface area contributed by atoms with Crippen molar-refractivity contribution in [3.05, 3.63) is 59.7 Å². The first-order valence-electron chi connectivity index (χ1n) is 9.41. The molecule has 0 unspecified atom stereocenters. The Morgan fingerprint density at radius 2 is 1.57 bits per heavy atom. The van der Waals surface area contributed by atoms with Gasteiger partial charge >= 0.3 is 5.97 Å². The van der Waals surface area contributed by atoms with E-state index in [1.54, 1.807) is 6.07 Å². The van der Waals surface area contributed by atoms with Gasteiger partial charge in [-0.05, 0) is 23.6 Å². The Bertz CT molecular complexity index is 847. The minimum absolute atomic E-state index is 0.130. The molecule has 0 bridgehead atoms. The van der Waals surface area contributed by atoms with E-state index >= 15 is 0 Å². The molecule has 0 saturated heterocycles. The number of ether oxygens (including phenoxy) is 3. The zero-order valence-corrected chi connectivity index (χ0v) is 17.3. The van der Waals surface area contributed by atoms with Crippen LogP contribution in [0.15, 0.2) is 48.5 Å². The van der Waals surface area contributed by atoms with E-state index in [2.05, 4.69) is 10.6 Å². The summed E-state index contributed by atoms with van der Waals surface area (Å²) in [4.78, 5) is 35.9. The molecule has 0 saturated carbocycles. The van der Waals surface area contributed by atoms with E-state index in [-0.39, 0.29) is 18.0 Å². The lowest BCUT2D eigenvalue weighted by atomic mass is 10.0. The fourth-order valence-electron chi connectivity index (χ4n) is 2.61. The Balaban J connectivity index is 1.73. The summed E-state index contributed by atoms with van der Waals surface area (Å²) < 4.78 is 15.1. The maximum Gasteiger partial charge on any atom is 0.325 e. The van der Waals surface area contributed by atoms with E-state index in [0.717, 1.165) is 5.56 Å². The van der Waals surface area contributed by atoms with Crippen molar-refractivity contribution in [2.24, 2.45) is 0 Å². The van der Waals surface area contributed by atoms with Gasteiger partial charge in [0.15, 0.2) is 6.61 Å². The van der Waals surface area contributed by atoms with Crippen molar-refractivity contribution in [3.63, 3.8) is 0 Å². The van der Waals surface area contributed by atoms with Gasteiger partial charge < -0.3 is 24.8 Å². The second kappa shape index (κ2) is 11.5. The number of benzene rings is 2. The van der Waals surface area contributed by atoms with Gasteiger partial charge in [-0.1, -0.05) is 37.3 Å². The first kappa shape index (κ1) is 22.7. The first-order chi connectivity index (χ1) is 14.4. The Morgan fingerprint density at radius 3 is 2.17 bits per heavy atom. The minimum Gasteiger partial charge on any atom is -0.497 e. The molecule has 30 heavy (non-hydrogen) atoms. The van der Waals surface area contributed by atoms with E-state index in [0.29, 0.717) is 18.0 Å². The van der Waals surface area contributed by atoms with Gasteiger partial charge in [0, 0.05) is 18.2 Å². The fraction of sp³-hybridized carbons (Fsp3) is 0.318. The molecule has 2 aromatic carbocycles. The van der Waals surface area contributed by atoms with Crippen LogP contribution in [-0.2, 0) is 14.3 Å². The molecular formula is C22H26N2O6. The monoisotopic (exact) mass is 414 g/mol. The lowest BCUT2D eigenvalue weighted by molar-refractivity contribution is -0.147. The highest BCUT2D eigenvalue weighted by Gasteiger charge is 2.13. The van der Waals surface area contributed by atoms with Gasteiger partial charge in [-0.15, -0.1) is 0 Å². The Hall–Kier alpha value is -3.55. The number of amides is 2. The van der Waals surface area contributed by atoms with E-state index in [4.69, 9.17) is 14.2 Å². The second-order valence-corrected chi connectivity index (χ2v) is 6.56. The molecule has 0 spiro atoms. The third kappa shape index (κ3) is 7.12. The molecule has 8 heteroatoms. The molecule has 2 aromatic rings. The molecule has 0 fully saturated rings. The Morgan fingerprint density at radius 1 is 0.933 bits per heavy atom. The molecule has 0 aliphatic carbocycles. The largest absolute Gasteiger partial charge is 0.497 e. The van der Waals surface area contributed by atoms with Gasteiger partial charge in [0.2, 0.25) is 0 Å². The quantitative estimate of drug-likeness (QED) is 0.576. The molecule has 2 amide bonds. The third-order valence-corrected chi connectivity index (χ3v) is 4.35. The first-order valence-corrected chi connectivity index (χ1v) is 9.41. The summed E-state index contributed by atoms with van der Waals surface area (Å²) in [7, 11) is 2.94. The predicted molar refractivity (Wildman–Crippen MR) is 111 cm³/mol. The van der Waals surface area contributed by atoms with Crippen LogP contribution in [0.25, 0.3) is 0 Å². The van der Waals surface area contributed by atoms with Gasteiger partial charge in [0.1, 0.15) is 18.0 Å². The molecule has 2 rings (SSSR count). The second-order valence-electron chi connectivity index (χ2n) is 6.56. The highest BCUT2D eigenvalue weighted by atomic mass is 16.5. The average Bonchev–Trinajstić information content (AvgIpc) is 2.79. The maximum absolute atomic E-state index is 12.2. The van der Waals surface area contributed by atoms with E-state index < -0.39 is 24.4 Å². The van der Waals surface area contributed by atoms with Crippen molar-refractivity contribution in [2.45, 2.75) is 12.8 Å². The SMILES string of the molecule is COc1cc(OC)cc(C(=O)NCC(=O)OCC(=O)NC[C@H](C)c2ccccc2)c1. The van der Waals surface area contributed by atoms with E-state index in [9.17, 15) is 14.4 Å². The smallest absolute Gasteiger partial charge is 0.325 e. The molecular weight excluding hydrogens is 388 g/mol. The van der Waals surface area contributed by atoms with Crippen LogP contribution in [0.4, 0.5) is 0 Å². The zero-order chi connectivity index (χ0) is 21.9. The van der Waals surface area contributed by atoms with E-state index in [1.807, 2.05) is 37.3 Å². The summed E-state index contributed by atoms with van der Waals surface area (Å²) in [6.07, 6.45) is 0. The molecule has 0 heterocycles. The number of rotatable bonds is 10. The van der Waals surface area contributed by atoms with Gasteiger partial charge in [-0.3, -0.25) is 14.4 Å². The summed E-state index contributed by atoms with van der Waals surface area (Å²) in [6.45, 7) is 1.63. The van der Waals surface area contributed by atoms with Gasteiger partial charge in [0.05, 0.1) is 14.2 Å². The standard InChI is InChI=1S/C22H26N2O6/c1-15(16-7-5-4-6-8-16)12-23-20(25)14-30-21(26)13-24-22(27)17-9-18(28-2)11-19(10-17)29-3/h4-11,15H,12-14H2,1-3H3,(H,23,25)(H,24,27)/t15-/m0/s1. The van der Waals surface area contributed by atoms with Crippen molar-refractivity contribution in [3.8, 4) is 11.5 Å². The molecule has 0 aromatic heterocycles. The molecule has 0 radical (unpaired) electrons. The number of nitrogens with one attached hydrogen (secondary N) is 2. The maximum atomic E-state index is 12.2. The van der Waals surface area contributed by atoms with Crippen LogP contribution in [0.5, 0.6) is 11.5 Å². The van der Waals surface area contributed by atoms with Gasteiger partial charge in [-0.25, -0.2) is 0 Å². The topological polar surface area (TPSA) is 103 Å². The lowest BCUT2D eigenvalue weighted by Gasteiger charge is -2.13. The van der Waals surface area contributed by atoms with Crippen LogP contribution in [-0.4, -0.2) is 51.7 Å². The zero-order valence-electron chi connectivity index (χ0n) is 17.3. The highest BCUT2D eigenvalue weighted by Crippen LogP contribution is 2.22. The number of esters is 1. The summed E-state index contributed by atoms with van der Waals surface area (Å²) in [5, 5.41) is 5.16. The average molecular weight is 414 g/mol. The predicted octanol–water partition coefficient (Wildman–Crippen LogP) is 1.90. The van der Waals surface area contributed by atoms with Crippen LogP contribution in [0.1, 0.15) is 28.8 Å². The number of carbonyl (C=O) groups excluding carboxylic acids is 3. The number of carbonyl (C=O) groups is 3. The molecule has 1 atom stereocenters. The van der Waals surface area contributed by atoms with Crippen molar-refractivity contribution in [1.29, 1.82) is 0 Å². The van der Waals surface area contributed by atoms with Crippen LogP contribution < -0.4 is 20.1 Å². The summed E-state index contributed by atoms with van der Waals surface area (Å²) in [5.41, 5.74) is 1.37.